The van der Waals surface area contributed by atoms with Crippen LogP contribution < -0.4 is 4.90 Å². The highest BCUT2D eigenvalue weighted by atomic mass is 16.4. The van der Waals surface area contributed by atoms with Crippen LogP contribution in [-0.4, -0.2) is 17.7 Å². The van der Waals surface area contributed by atoms with Crippen LogP contribution in [-0.2, 0) is 0 Å². The van der Waals surface area contributed by atoms with E-state index < -0.39 is 6.09 Å². The van der Waals surface area contributed by atoms with Crippen LogP contribution in [0.5, 0.6) is 0 Å². The van der Waals surface area contributed by atoms with Crippen LogP contribution in [0.2, 0.25) is 0 Å². The Morgan fingerprint density at radius 2 is 2.15 bits per heavy atom. The minimum absolute atomic E-state index is 0.527. The van der Waals surface area contributed by atoms with Crippen LogP contribution in [0, 0.1) is 6.07 Å². The van der Waals surface area contributed by atoms with Crippen LogP contribution in [0.1, 0.15) is 13.3 Å². The average Bonchev–Trinajstić information content (AvgIpc) is 2.15. The van der Waals surface area contributed by atoms with E-state index in [1.54, 1.807) is 24.3 Å². The summed E-state index contributed by atoms with van der Waals surface area (Å²) in [6.45, 7) is 2.48. The Bertz CT molecular complexity index is 272. The molecule has 0 aliphatic heterocycles. The lowest BCUT2D eigenvalue weighted by Crippen LogP contribution is -2.29. The van der Waals surface area contributed by atoms with E-state index in [9.17, 15) is 4.79 Å². The topological polar surface area (TPSA) is 40.5 Å². The molecule has 1 aromatic rings. The maximum Gasteiger partial charge on any atom is 0.411 e. The van der Waals surface area contributed by atoms with Crippen LogP contribution in [0.3, 0.4) is 0 Å². The summed E-state index contributed by atoms with van der Waals surface area (Å²) >= 11 is 0. The molecule has 0 aliphatic rings. The third kappa shape index (κ3) is 2.47. The molecule has 3 heteroatoms. The molecule has 0 heterocycles. The van der Waals surface area contributed by atoms with Gasteiger partial charge in [0.15, 0.2) is 0 Å². The Morgan fingerprint density at radius 1 is 1.54 bits per heavy atom. The normalized spacial score (nSPS) is 9.62. The van der Waals surface area contributed by atoms with E-state index in [1.165, 1.54) is 4.90 Å². The molecule has 0 saturated carbocycles. The highest BCUT2D eigenvalue weighted by Gasteiger charge is 2.11. The molecule has 0 fully saturated rings. The molecule has 0 atom stereocenters. The minimum atomic E-state index is -0.909. The van der Waals surface area contributed by atoms with Crippen LogP contribution in [0.15, 0.2) is 24.3 Å². The Labute approximate surface area is 77.6 Å². The van der Waals surface area contributed by atoms with Crippen LogP contribution >= 0.6 is 0 Å². The number of hydrogen-bond acceptors (Lipinski definition) is 1. The second-order valence-corrected chi connectivity index (χ2v) is 2.69. The van der Waals surface area contributed by atoms with Crippen molar-refractivity contribution in [3.63, 3.8) is 0 Å². The lowest BCUT2D eigenvalue weighted by atomic mass is 10.3. The number of hydrogen-bond donors (Lipinski definition) is 1. The first kappa shape index (κ1) is 9.58. The van der Waals surface area contributed by atoms with E-state index in [0.29, 0.717) is 12.2 Å². The quantitative estimate of drug-likeness (QED) is 0.771. The van der Waals surface area contributed by atoms with Gasteiger partial charge in [0, 0.05) is 12.2 Å². The van der Waals surface area contributed by atoms with Gasteiger partial charge >= 0.3 is 6.09 Å². The fourth-order valence-corrected chi connectivity index (χ4v) is 1.12. The summed E-state index contributed by atoms with van der Waals surface area (Å²) in [4.78, 5) is 12.1. The molecule has 0 bridgehead atoms. The fourth-order valence-electron chi connectivity index (χ4n) is 1.12. The zero-order valence-corrected chi connectivity index (χ0v) is 7.53. The molecule has 1 amide bonds. The van der Waals surface area contributed by atoms with Gasteiger partial charge in [0.25, 0.3) is 0 Å². The maximum atomic E-state index is 10.8. The predicted octanol–water partition coefficient (Wildman–Crippen LogP) is 2.38. The van der Waals surface area contributed by atoms with Gasteiger partial charge in [-0.3, -0.25) is 4.90 Å². The molecule has 0 aliphatic carbocycles. The van der Waals surface area contributed by atoms with Crippen molar-refractivity contribution in [2.45, 2.75) is 13.3 Å². The number of carboxylic acid groups (broad SMARTS) is 1. The van der Waals surface area contributed by atoms with E-state index in [4.69, 9.17) is 5.11 Å². The highest BCUT2D eigenvalue weighted by Crippen LogP contribution is 2.13. The zero-order valence-electron chi connectivity index (χ0n) is 7.53. The second kappa shape index (κ2) is 4.50. The number of anilines is 1. The van der Waals surface area contributed by atoms with Crippen molar-refractivity contribution in [2.75, 3.05) is 11.4 Å². The molecule has 1 radical (unpaired) electrons. The standard InChI is InChI=1S/C10H12NO2/c1-2-8-11(10(12)13)9-6-4-3-5-7-9/h4-7H,2,8H2,1H3,(H,12,13). The van der Waals surface area contributed by atoms with Crippen molar-refractivity contribution in [1.29, 1.82) is 0 Å². The summed E-state index contributed by atoms with van der Waals surface area (Å²) in [5.41, 5.74) is 0.702. The Kier molecular flexibility index (Phi) is 3.31. The van der Waals surface area contributed by atoms with E-state index >= 15 is 0 Å². The smallest absolute Gasteiger partial charge is 0.411 e. The fraction of sp³-hybridized carbons (Fsp3) is 0.300. The van der Waals surface area contributed by atoms with Crippen LogP contribution in [0.4, 0.5) is 10.5 Å². The summed E-state index contributed by atoms with van der Waals surface area (Å²) in [7, 11) is 0. The monoisotopic (exact) mass is 178 g/mol. The summed E-state index contributed by atoms with van der Waals surface area (Å²) in [5.74, 6) is 0. The molecule has 0 saturated heterocycles. The van der Waals surface area contributed by atoms with Crippen molar-refractivity contribution in [2.24, 2.45) is 0 Å². The highest BCUT2D eigenvalue weighted by molar-refractivity contribution is 5.85. The number of benzene rings is 1. The van der Waals surface area contributed by atoms with E-state index in [0.717, 1.165) is 6.42 Å². The molecule has 1 aromatic carbocycles. The van der Waals surface area contributed by atoms with E-state index in [1.807, 2.05) is 6.92 Å². The first-order valence-corrected chi connectivity index (χ1v) is 4.22. The summed E-state index contributed by atoms with van der Waals surface area (Å²) < 4.78 is 0. The average molecular weight is 178 g/mol. The molecule has 1 N–H and O–H groups in total. The summed E-state index contributed by atoms with van der Waals surface area (Å²) in [6, 6.07) is 9.75. The van der Waals surface area contributed by atoms with Gasteiger partial charge in [0.1, 0.15) is 0 Å². The molecular weight excluding hydrogens is 166 g/mol. The molecule has 0 aromatic heterocycles. The van der Waals surface area contributed by atoms with Gasteiger partial charge in [0.05, 0.1) is 0 Å². The van der Waals surface area contributed by atoms with Crippen molar-refractivity contribution in [3.8, 4) is 0 Å². The molecule has 69 valence electrons. The maximum absolute atomic E-state index is 10.8. The number of carbonyl (C=O) groups is 1. The van der Waals surface area contributed by atoms with Gasteiger partial charge in [-0.1, -0.05) is 19.1 Å². The van der Waals surface area contributed by atoms with E-state index in [-0.39, 0.29) is 0 Å². The van der Waals surface area contributed by atoms with Gasteiger partial charge in [-0.25, -0.2) is 4.79 Å². The number of rotatable bonds is 3. The van der Waals surface area contributed by atoms with Gasteiger partial charge in [-0.2, -0.15) is 0 Å². The van der Waals surface area contributed by atoms with E-state index in [2.05, 4.69) is 6.07 Å². The lowest BCUT2D eigenvalue weighted by Gasteiger charge is -2.17. The number of nitrogens with zero attached hydrogens (tertiary/aromatic N) is 1. The van der Waals surface area contributed by atoms with Crippen LogP contribution in [0.25, 0.3) is 0 Å². The predicted molar refractivity (Wildman–Crippen MR) is 50.9 cm³/mol. The van der Waals surface area contributed by atoms with Crippen molar-refractivity contribution >= 4 is 11.8 Å². The Balaban J connectivity index is 2.82. The largest absolute Gasteiger partial charge is 0.465 e. The number of amides is 1. The Morgan fingerprint density at radius 3 is 2.62 bits per heavy atom. The molecule has 0 spiro atoms. The zero-order chi connectivity index (χ0) is 9.68. The van der Waals surface area contributed by atoms with Crippen molar-refractivity contribution < 1.29 is 9.90 Å². The first-order chi connectivity index (χ1) is 6.25. The summed E-state index contributed by atoms with van der Waals surface area (Å²) in [6.07, 6.45) is -0.0988. The molecule has 1 rings (SSSR count). The lowest BCUT2D eigenvalue weighted by molar-refractivity contribution is 0.202. The van der Waals surface area contributed by atoms with Gasteiger partial charge in [-0.15, -0.1) is 0 Å². The van der Waals surface area contributed by atoms with Gasteiger partial charge in [-0.05, 0) is 24.6 Å². The summed E-state index contributed by atoms with van der Waals surface area (Å²) in [5, 5.41) is 8.87. The third-order valence-corrected chi connectivity index (χ3v) is 1.69. The minimum Gasteiger partial charge on any atom is -0.465 e. The van der Waals surface area contributed by atoms with Crippen molar-refractivity contribution in [3.05, 3.63) is 30.3 Å². The van der Waals surface area contributed by atoms with Crippen molar-refractivity contribution in [1.82, 2.24) is 0 Å². The third-order valence-electron chi connectivity index (χ3n) is 1.69. The molecule has 13 heavy (non-hydrogen) atoms. The van der Waals surface area contributed by atoms with Gasteiger partial charge in [0.2, 0.25) is 0 Å². The second-order valence-electron chi connectivity index (χ2n) is 2.69. The van der Waals surface area contributed by atoms with Gasteiger partial charge < -0.3 is 5.11 Å². The SMILES string of the molecule is CCCN(C(=O)O)c1cc[c]cc1. The molecule has 0 unspecified atom stereocenters. The first-order valence-electron chi connectivity index (χ1n) is 4.22. The Hall–Kier alpha value is -1.51. The molecular formula is C10H12NO2. The molecule has 3 nitrogen and oxygen atoms in total.